The summed E-state index contributed by atoms with van der Waals surface area (Å²) in [6.07, 6.45) is 0. The van der Waals surface area contributed by atoms with Crippen LogP contribution in [0.5, 0.6) is 5.75 Å². The molecule has 0 radical (unpaired) electrons. The Balaban J connectivity index is 1.56. The maximum absolute atomic E-state index is 13.1. The van der Waals surface area contributed by atoms with Gasteiger partial charge in [0.2, 0.25) is 5.91 Å². The molecule has 0 aliphatic carbocycles. The van der Waals surface area contributed by atoms with Crippen LogP contribution >= 0.6 is 23.4 Å². The molecule has 9 heteroatoms. The third-order valence-electron chi connectivity index (χ3n) is 4.18. The van der Waals surface area contributed by atoms with E-state index in [2.05, 4.69) is 15.5 Å². The Hall–Kier alpha value is -2.58. The van der Waals surface area contributed by atoms with Gasteiger partial charge < -0.3 is 14.6 Å². The number of carbonyl (C=O) groups is 1. The van der Waals surface area contributed by atoms with Gasteiger partial charge in [0.1, 0.15) is 18.2 Å². The minimum Gasteiger partial charge on any atom is -0.484 e. The van der Waals surface area contributed by atoms with Crippen molar-refractivity contribution in [2.75, 3.05) is 11.1 Å². The summed E-state index contributed by atoms with van der Waals surface area (Å²) in [6, 6.07) is 9.83. The largest absolute Gasteiger partial charge is 0.484 e. The minimum absolute atomic E-state index is 0.115. The first-order valence-electron chi connectivity index (χ1n) is 8.79. The van der Waals surface area contributed by atoms with Gasteiger partial charge in [-0.15, -0.1) is 10.2 Å². The number of halogens is 2. The van der Waals surface area contributed by atoms with Crippen LogP contribution in [-0.2, 0) is 18.4 Å². The molecule has 0 bridgehead atoms. The Morgan fingerprint density at radius 3 is 2.79 bits per heavy atom. The molecule has 0 saturated carbocycles. The summed E-state index contributed by atoms with van der Waals surface area (Å²) in [4.78, 5) is 12.3. The van der Waals surface area contributed by atoms with Crippen molar-refractivity contribution < 1.29 is 13.9 Å². The Kier molecular flexibility index (Phi) is 6.76. The molecule has 0 aliphatic heterocycles. The fourth-order valence-corrected chi connectivity index (χ4v) is 3.47. The van der Waals surface area contributed by atoms with E-state index in [1.807, 2.05) is 32.0 Å². The summed E-state index contributed by atoms with van der Waals surface area (Å²) in [5.41, 5.74) is 2.89. The van der Waals surface area contributed by atoms with Gasteiger partial charge in [0.25, 0.3) is 0 Å². The molecular weight excluding hydrogens is 415 g/mol. The molecule has 0 atom stereocenters. The summed E-state index contributed by atoms with van der Waals surface area (Å²) in [5.74, 6) is 0.562. The molecule has 1 amide bonds. The molecule has 152 valence electrons. The first-order chi connectivity index (χ1) is 13.8. The zero-order valence-electron chi connectivity index (χ0n) is 16.2. The number of thioether (sulfide) groups is 1. The molecule has 1 heterocycles. The maximum Gasteiger partial charge on any atom is 0.234 e. The number of hydrogen-bond donors (Lipinski definition) is 1. The van der Waals surface area contributed by atoms with E-state index in [0.717, 1.165) is 16.8 Å². The van der Waals surface area contributed by atoms with Crippen molar-refractivity contribution in [2.24, 2.45) is 7.05 Å². The van der Waals surface area contributed by atoms with Crippen molar-refractivity contribution in [2.45, 2.75) is 25.6 Å². The van der Waals surface area contributed by atoms with Gasteiger partial charge in [0.05, 0.1) is 10.8 Å². The highest BCUT2D eigenvalue weighted by molar-refractivity contribution is 7.99. The average Bonchev–Trinajstić information content (AvgIpc) is 3.02. The van der Waals surface area contributed by atoms with Crippen molar-refractivity contribution in [3.8, 4) is 5.75 Å². The van der Waals surface area contributed by atoms with Crippen LogP contribution in [0, 0.1) is 19.7 Å². The van der Waals surface area contributed by atoms with E-state index in [1.165, 1.54) is 30.0 Å². The van der Waals surface area contributed by atoms with Gasteiger partial charge in [0, 0.05) is 12.7 Å². The van der Waals surface area contributed by atoms with Crippen LogP contribution in [0.1, 0.15) is 17.0 Å². The first kappa shape index (κ1) is 21.1. The average molecular weight is 435 g/mol. The van der Waals surface area contributed by atoms with Crippen molar-refractivity contribution in [3.05, 3.63) is 64.2 Å². The smallest absolute Gasteiger partial charge is 0.234 e. The number of hydrogen-bond acceptors (Lipinski definition) is 5. The molecule has 0 saturated heterocycles. The van der Waals surface area contributed by atoms with Gasteiger partial charge in [-0.2, -0.15) is 0 Å². The Morgan fingerprint density at radius 2 is 2.03 bits per heavy atom. The Bertz CT molecular complexity index is 1040. The number of carbonyl (C=O) groups excluding carboxylic acids is 1. The molecule has 6 nitrogen and oxygen atoms in total. The zero-order chi connectivity index (χ0) is 21.0. The number of aryl methyl sites for hydroxylation is 2. The number of amides is 1. The molecule has 0 spiro atoms. The molecule has 0 fully saturated rings. The van der Waals surface area contributed by atoms with Crippen LogP contribution in [0.2, 0.25) is 5.02 Å². The van der Waals surface area contributed by atoms with Crippen molar-refractivity contribution in [1.29, 1.82) is 0 Å². The van der Waals surface area contributed by atoms with E-state index in [4.69, 9.17) is 16.3 Å². The lowest BCUT2D eigenvalue weighted by molar-refractivity contribution is -0.113. The van der Waals surface area contributed by atoms with Gasteiger partial charge in [0.15, 0.2) is 11.0 Å². The molecule has 0 unspecified atom stereocenters. The van der Waals surface area contributed by atoms with E-state index in [0.29, 0.717) is 16.7 Å². The molecule has 3 aromatic rings. The predicted molar refractivity (Wildman–Crippen MR) is 112 cm³/mol. The molecule has 2 aromatic carbocycles. The SMILES string of the molecule is Cc1ccc(C)c(NC(=O)CSc2nnc(COc3ccc(F)cc3Cl)n2C)c1. The van der Waals surface area contributed by atoms with Gasteiger partial charge in [-0.1, -0.05) is 35.5 Å². The molecule has 1 aromatic heterocycles. The monoisotopic (exact) mass is 434 g/mol. The second-order valence-electron chi connectivity index (χ2n) is 6.48. The van der Waals surface area contributed by atoms with Crippen LogP contribution in [0.4, 0.5) is 10.1 Å². The number of nitrogens with zero attached hydrogens (tertiary/aromatic N) is 3. The summed E-state index contributed by atoms with van der Waals surface area (Å²) in [6.45, 7) is 4.04. The van der Waals surface area contributed by atoms with Crippen LogP contribution in [0.25, 0.3) is 0 Å². The van der Waals surface area contributed by atoms with Crippen molar-refractivity contribution in [3.63, 3.8) is 0 Å². The zero-order valence-corrected chi connectivity index (χ0v) is 17.8. The summed E-state index contributed by atoms with van der Waals surface area (Å²) >= 11 is 7.23. The number of nitrogens with one attached hydrogen (secondary N) is 1. The fourth-order valence-electron chi connectivity index (χ4n) is 2.52. The van der Waals surface area contributed by atoms with E-state index in [-0.39, 0.29) is 23.3 Å². The van der Waals surface area contributed by atoms with Crippen LogP contribution in [0.3, 0.4) is 0 Å². The predicted octanol–water partition coefficient (Wildman–Crippen LogP) is 4.53. The highest BCUT2D eigenvalue weighted by atomic mass is 35.5. The molecule has 0 aliphatic rings. The summed E-state index contributed by atoms with van der Waals surface area (Å²) in [7, 11) is 1.79. The quantitative estimate of drug-likeness (QED) is 0.553. The van der Waals surface area contributed by atoms with Crippen LogP contribution < -0.4 is 10.1 Å². The van der Waals surface area contributed by atoms with Gasteiger partial charge >= 0.3 is 0 Å². The number of rotatable bonds is 7. The van der Waals surface area contributed by atoms with Crippen LogP contribution in [-0.4, -0.2) is 26.4 Å². The number of aromatic nitrogens is 3. The first-order valence-corrected chi connectivity index (χ1v) is 10.2. The van der Waals surface area contributed by atoms with E-state index >= 15 is 0 Å². The third kappa shape index (κ3) is 5.48. The molecule has 3 rings (SSSR count). The second kappa shape index (κ2) is 9.28. The Labute approximate surface area is 177 Å². The minimum atomic E-state index is -0.432. The van der Waals surface area contributed by atoms with Crippen LogP contribution in [0.15, 0.2) is 41.6 Å². The highest BCUT2D eigenvalue weighted by Crippen LogP contribution is 2.26. The summed E-state index contributed by atoms with van der Waals surface area (Å²) < 4.78 is 20.4. The number of benzene rings is 2. The number of anilines is 1. The number of ether oxygens (including phenoxy) is 1. The van der Waals surface area contributed by atoms with Crippen molar-refractivity contribution in [1.82, 2.24) is 14.8 Å². The normalized spacial score (nSPS) is 10.8. The molecule has 1 N–H and O–H groups in total. The van der Waals surface area contributed by atoms with E-state index in [1.54, 1.807) is 11.6 Å². The summed E-state index contributed by atoms with van der Waals surface area (Å²) in [5, 5.41) is 11.9. The van der Waals surface area contributed by atoms with Gasteiger partial charge in [-0.3, -0.25) is 4.79 Å². The van der Waals surface area contributed by atoms with Crippen molar-refractivity contribution >= 4 is 35.0 Å². The van der Waals surface area contributed by atoms with Gasteiger partial charge in [-0.05, 0) is 49.2 Å². The lowest BCUT2D eigenvalue weighted by atomic mass is 10.1. The lowest BCUT2D eigenvalue weighted by Gasteiger charge is -2.09. The Morgan fingerprint density at radius 1 is 1.24 bits per heavy atom. The maximum atomic E-state index is 13.1. The molecular formula is C20H20ClFN4O2S. The molecule has 29 heavy (non-hydrogen) atoms. The van der Waals surface area contributed by atoms with Gasteiger partial charge in [-0.25, -0.2) is 4.39 Å². The standard InChI is InChI=1S/C20H20ClFN4O2S/c1-12-4-5-13(2)16(8-12)23-19(27)11-29-20-25-24-18(26(20)3)10-28-17-7-6-14(22)9-15(17)21/h4-9H,10-11H2,1-3H3,(H,23,27). The second-order valence-corrected chi connectivity index (χ2v) is 7.83. The highest BCUT2D eigenvalue weighted by Gasteiger charge is 2.13. The van der Waals surface area contributed by atoms with E-state index in [9.17, 15) is 9.18 Å². The topological polar surface area (TPSA) is 69.0 Å². The fraction of sp³-hybridized carbons (Fsp3) is 0.250. The third-order valence-corrected chi connectivity index (χ3v) is 5.49. The lowest BCUT2D eigenvalue weighted by Crippen LogP contribution is -2.15. The van der Waals surface area contributed by atoms with E-state index < -0.39 is 5.82 Å².